The van der Waals surface area contributed by atoms with Gasteiger partial charge in [0.1, 0.15) is 0 Å². The van der Waals surface area contributed by atoms with E-state index >= 15 is 0 Å². The van der Waals surface area contributed by atoms with Crippen LogP contribution in [0, 0.1) is 0 Å². The lowest BCUT2D eigenvalue weighted by molar-refractivity contribution is -0.171. The lowest BCUT2D eigenvalue weighted by atomic mass is 10.0. The van der Waals surface area contributed by atoms with Crippen LogP contribution < -0.4 is 10.6 Å². The van der Waals surface area contributed by atoms with Crippen LogP contribution in [0.5, 0.6) is 0 Å². The van der Waals surface area contributed by atoms with E-state index in [1.54, 1.807) is 24.0 Å². The van der Waals surface area contributed by atoms with Crippen molar-refractivity contribution in [2.24, 2.45) is 0 Å². The molecule has 2 saturated heterocycles. The van der Waals surface area contributed by atoms with E-state index in [0.29, 0.717) is 56.8 Å². The van der Waals surface area contributed by atoms with Gasteiger partial charge in [0.05, 0.1) is 36.6 Å². The predicted octanol–water partition coefficient (Wildman–Crippen LogP) is 1.14. The van der Waals surface area contributed by atoms with E-state index in [-0.39, 0.29) is 24.3 Å². The molecule has 2 aliphatic heterocycles. The molecule has 1 atom stereocenters. The summed E-state index contributed by atoms with van der Waals surface area (Å²) in [6.07, 6.45) is 0. The quantitative estimate of drug-likeness (QED) is 0.687. The first-order valence-corrected chi connectivity index (χ1v) is 11.4. The standard InChI is InChI=1S/C21H27N5O5S/c1-14(27)22-15-3-4-16-17(11-15)32-20(23-16)24-18(28)12-25-5-10-31-21(2,13-25)19(29)26-6-8-30-9-7-26/h3-4,11H,5-10,12-13H2,1-2H3,(H,22,27)(H,23,24,28)/t21-/m1/s1. The number of thiazole rings is 1. The van der Waals surface area contributed by atoms with E-state index in [9.17, 15) is 14.4 Å². The average Bonchev–Trinajstić information content (AvgIpc) is 3.14. The van der Waals surface area contributed by atoms with Gasteiger partial charge in [-0.3, -0.25) is 19.3 Å². The number of fused-ring (bicyclic) bond motifs is 1. The number of carbonyl (C=O) groups excluding carboxylic acids is 3. The topological polar surface area (TPSA) is 113 Å². The molecule has 0 spiro atoms. The molecule has 0 bridgehead atoms. The summed E-state index contributed by atoms with van der Waals surface area (Å²) in [6.45, 7) is 6.85. The first kappa shape index (κ1) is 22.6. The summed E-state index contributed by atoms with van der Waals surface area (Å²) in [5.74, 6) is -0.409. The maximum atomic E-state index is 13.0. The minimum Gasteiger partial charge on any atom is -0.378 e. The highest BCUT2D eigenvalue weighted by Gasteiger charge is 2.42. The zero-order chi connectivity index (χ0) is 22.7. The Bertz CT molecular complexity index is 1020. The van der Waals surface area contributed by atoms with Crippen molar-refractivity contribution in [1.82, 2.24) is 14.8 Å². The van der Waals surface area contributed by atoms with E-state index < -0.39 is 5.60 Å². The Kier molecular flexibility index (Phi) is 6.70. The minimum atomic E-state index is -0.980. The minimum absolute atomic E-state index is 0.0629. The van der Waals surface area contributed by atoms with Crippen molar-refractivity contribution in [2.75, 3.05) is 63.2 Å². The first-order valence-electron chi connectivity index (χ1n) is 10.5. The molecule has 0 saturated carbocycles. The van der Waals surface area contributed by atoms with Gasteiger partial charge in [-0.15, -0.1) is 0 Å². The van der Waals surface area contributed by atoms with Gasteiger partial charge >= 0.3 is 0 Å². The van der Waals surface area contributed by atoms with Crippen molar-refractivity contribution < 1.29 is 23.9 Å². The molecule has 1 aromatic heterocycles. The van der Waals surface area contributed by atoms with E-state index in [2.05, 4.69) is 15.6 Å². The molecule has 3 heterocycles. The molecule has 1 aromatic carbocycles. The second-order valence-electron chi connectivity index (χ2n) is 8.13. The first-order chi connectivity index (χ1) is 15.3. The Hall–Kier alpha value is -2.60. The van der Waals surface area contributed by atoms with Gasteiger partial charge in [-0.05, 0) is 25.1 Å². The monoisotopic (exact) mass is 461 g/mol. The van der Waals surface area contributed by atoms with Crippen LogP contribution in [0.4, 0.5) is 10.8 Å². The SMILES string of the molecule is CC(=O)Nc1ccc2nc(NC(=O)CN3CCO[C@@](C)(C(=O)N4CCOCC4)C3)sc2c1. The van der Waals surface area contributed by atoms with Crippen LogP contribution in [0.15, 0.2) is 18.2 Å². The van der Waals surface area contributed by atoms with E-state index in [0.717, 1.165) is 10.2 Å². The summed E-state index contributed by atoms with van der Waals surface area (Å²) in [5, 5.41) is 6.07. The zero-order valence-electron chi connectivity index (χ0n) is 18.2. The van der Waals surface area contributed by atoms with Crippen LogP contribution in [0.25, 0.3) is 10.2 Å². The fraction of sp³-hybridized carbons (Fsp3) is 0.524. The number of anilines is 2. The Labute approximate surface area is 189 Å². The second kappa shape index (κ2) is 9.49. The van der Waals surface area contributed by atoms with Crippen LogP contribution in [0.1, 0.15) is 13.8 Å². The number of morpholine rings is 2. The van der Waals surface area contributed by atoms with Gasteiger partial charge in [-0.1, -0.05) is 11.3 Å². The van der Waals surface area contributed by atoms with Gasteiger partial charge in [0.25, 0.3) is 5.91 Å². The number of rotatable bonds is 5. The van der Waals surface area contributed by atoms with Gasteiger partial charge in [0.15, 0.2) is 10.7 Å². The maximum absolute atomic E-state index is 13.0. The number of benzene rings is 1. The van der Waals surface area contributed by atoms with Crippen LogP contribution >= 0.6 is 11.3 Å². The van der Waals surface area contributed by atoms with Crippen molar-refractivity contribution in [3.63, 3.8) is 0 Å². The Morgan fingerprint density at radius 1 is 1.16 bits per heavy atom. The fourth-order valence-corrected chi connectivity index (χ4v) is 4.86. The van der Waals surface area contributed by atoms with E-state index in [1.807, 2.05) is 11.0 Å². The highest BCUT2D eigenvalue weighted by molar-refractivity contribution is 7.22. The van der Waals surface area contributed by atoms with Crippen molar-refractivity contribution in [1.29, 1.82) is 0 Å². The van der Waals surface area contributed by atoms with Crippen molar-refractivity contribution >= 4 is 50.1 Å². The van der Waals surface area contributed by atoms with Crippen LogP contribution in [-0.4, -0.2) is 90.7 Å². The normalized spacial score (nSPS) is 22.0. The third kappa shape index (κ3) is 5.23. The number of carbonyl (C=O) groups is 3. The lowest BCUT2D eigenvalue weighted by Gasteiger charge is -2.42. The van der Waals surface area contributed by atoms with E-state index in [4.69, 9.17) is 9.47 Å². The van der Waals surface area contributed by atoms with Crippen LogP contribution in [0.3, 0.4) is 0 Å². The molecule has 2 aliphatic rings. The highest BCUT2D eigenvalue weighted by Crippen LogP contribution is 2.28. The van der Waals surface area contributed by atoms with Crippen LogP contribution in [0.2, 0.25) is 0 Å². The van der Waals surface area contributed by atoms with Crippen molar-refractivity contribution in [2.45, 2.75) is 19.4 Å². The summed E-state index contributed by atoms with van der Waals surface area (Å²) in [5.41, 5.74) is 0.449. The van der Waals surface area contributed by atoms with Gasteiger partial charge in [-0.25, -0.2) is 4.98 Å². The van der Waals surface area contributed by atoms with Crippen LogP contribution in [-0.2, 0) is 23.9 Å². The summed E-state index contributed by atoms with van der Waals surface area (Å²) in [4.78, 5) is 45.0. The molecule has 0 radical (unpaired) electrons. The smallest absolute Gasteiger partial charge is 0.256 e. The van der Waals surface area contributed by atoms with Crippen molar-refractivity contribution in [3.8, 4) is 0 Å². The molecule has 172 valence electrons. The molecule has 3 amide bonds. The Morgan fingerprint density at radius 3 is 2.69 bits per heavy atom. The summed E-state index contributed by atoms with van der Waals surface area (Å²) in [6, 6.07) is 5.40. The molecular formula is C21H27N5O5S. The third-order valence-corrected chi connectivity index (χ3v) is 6.36. The van der Waals surface area contributed by atoms with Crippen molar-refractivity contribution in [3.05, 3.63) is 18.2 Å². The van der Waals surface area contributed by atoms with Gasteiger partial charge < -0.3 is 25.0 Å². The maximum Gasteiger partial charge on any atom is 0.256 e. The van der Waals surface area contributed by atoms with Gasteiger partial charge in [0.2, 0.25) is 11.8 Å². The third-order valence-electron chi connectivity index (χ3n) is 5.43. The molecule has 0 unspecified atom stereocenters. The summed E-state index contributed by atoms with van der Waals surface area (Å²) < 4.78 is 12.0. The Morgan fingerprint density at radius 2 is 1.94 bits per heavy atom. The molecule has 0 aliphatic carbocycles. The number of nitrogens with zero attached hydrogens (tertiary/aromatic N) is 3. The molecule has 32 heavy (non-hydrogen) atoms. The van der Waals surface area contributed by atoms with Gasteiger partial charge in [-0.2, -0.15) is 0 Å². The molecule has 10 nitrogen and oxygen atoms in total. The number of hydrogen-bond acceptors (Lipinski definition) is 8. The summed E-state index contributed by atoms with van der Waals surface area (Å²) >= 11 is 1.34. The molecule has 4 rings (SSSR count). The highest BCUT2D eigenvalue weighted by atomic mass is 32.1. The Balaban J connectivity index is 1.36. The molecule has 2 fully saturated rings. The number of nitrogens with one attached hydrogen (secondary N) is 2. The number of ether oxygens (including phenoxy) is 2. The molecule has 2 N–H and O–H groups in total. The second-order valence-corrected chi connectivity index (χ2v) is 9.16. The molecule has 11 heteroatoms. The number of hydrogen-bond donors (Lipinski definition) is 2. The predicted molar refractivity (Wildman–Crippen MR) is 121 cm³/mol. The average molecular weight is 462 g/mol. The molecular weight excluding hydrogens is 434 g/mol. The van der Waals surface area contributed by atoms with E-state index in [1.165, 1.54) is 18.3 Å². The summed E-state index contributed by atoms with van der Waals surface area (Å²) in [7, 11) is 0. The van der Waals surface area contributed by atoms with Gasteiger partial charge in [0, 0.05) is 38.8 Å². The lowest BCUT2D eigenvalue weighted by Crippen LogP contribution is -2.61. The number of amides is 3. The number of aromatic nitrogens is 1. The molecule has 2 aromatic rings. The zero-order valence-corrected chi connectivity index (χ0v) is 19.0. The fourth-order valence-electron chi connectivity index (χ4n) is 3.94. The largest absolute Gasteiger partial charge is 0.378 e.